The van der Waals surface area contributed by atoms with Crippen LogP contribution < -0.4 is 11.1 Å². The van der Waals surface area contributed by atoms with E-state index >= 15 is 0 Å². The Kier molecular flexibility index (Phi) is 8.73. The average Bonchev–Trinajstić information content (AvgIpc) is 2.66. The van der Waals surface area contributed by atoms with Gasteiger partial charge >= 0.3 is 0 Å². The molecule has 0 aromatic rings. The molecule has 1 heterocycles. The molecule has 26 heavy (non-hydrogen) atoms. The smallest absolute Gasteiger partial charge is 0.194 e. The van der Waals surface area contributed by atoms with Gasteiger partial charge in [0.05, 0.1) is 7.11 Å². The highest BCUT2D eigenvalue weighted by atomic mass is 16.5. The largest absolute Gasteiger partial charge is 0.496 e. The summed E-state index contributed by atoms with van der Waals surface area (Å²) in [6.45, 7) is 3.24. The van der Waals surface area contributed by atoms with Crippen molar-refractivity contribution in [2.45, 2.75) is 83.3 Å². The van der Waals surface area contributed by atoms with Crippen LogP contribution in [0.5, 0.6) is 0 Å². The van der Waals surface area contributed by atoms with E-state index in [1.807, 2.05) is 6.08 Å². The quantitative estimate of drug-likeness (QED) is 0.382. The Morgan fingerprint density at radius 2 is 1.69 bits per heavy atom. The second-order valence-corrected chi connectivity index (χ2v) is 7.53. The minimum absolute atomic E-state index is 0.673. The lowest BCUT2D eigenvalue weighted by molar-refractivity contribution is 0.0211. The van der Waals surface area contributed by atoms with Crippen molar-refractivity contribution in [3.8, 4) is 0 Å². The summed E-state index contributed by atoms with van der Waals surface area (Å²) in [6, 6.07) is 0. The van der Waals surface area contributed by atoms with E-state index in [2.05, 4.69) is 18.3 Å². The van der Waals surface area contributed by atoms with E-state index in [1.54, 1.807) is 14.2 Å². The van der Waals surface area contributed by atoms with E-state index in [0.717, 1.165) is 19.4 Å². The average molecular weight is 363 g/mol. The molecule has 2 aliphatic rings. The van der Waals surface area contributed by atoms with Gasteiger partial charge in [0.25, 0.3) is 0 Å². The first-order valence-electron chi connectivity index (χ1n) is 10.4. The molecule has 0 aromatic heterocycles. The normalized spacial score (nSPS) is 22.5. The summed E-state index contributed by atoms with van der Waals surface area (Å²) in [7, 11) is 3.28. The number of ether oxygens (including phenoxy) is 2. The van der Waals surface area contributed by atoms with Crippen molar-refractivity contribution in [2.75, 3.05) is 20.8 Å². The van der Waals surface area contributed by atoms with Gasteiger partial charge in [-0.2, -0.15) is 0 Å². The molecule has 4 heteroatoms. The molecule has 0 spiro atoms. The zero-order valence-electron chi connectivity index (χ0n) is 17.0. The Hall–Kier alpha value is -1.26. The van der Waals surface area contributed by atoms with Gasteiger partial charge in [0.2, 0.25) is 0 Å². The summed E-state index contributed by atoms with van der Waals surface area (Å²) in [5, 5.41) is 3.59. The summed E-state index contributed by atoms with van der Waals surface area (Å²) >= 11 is 0. The predicted octanol–water partition coefficient (Wildman–Crippen LogP) is 4.93. The molecular formula is C22H38N2O2. The van der Waals surface area contributed by atoms with E-state index < -0.39 is 5.72 Å². The Balaban J connectivity index is 1.83. The standard InChI is InChI=1S/C22H38N2O2/c1-4-5-6-7-8-9-10-11-12-13-20-19-16-21(25-2)22(23,26-3)17-18(19)14-15-24-20/h16-17,24H,4-15,23H2,1-3H3. The number of hydrogen-bond acceptors (Lipinski definition) is 4. The van der Waals surface area contributed by atoms with Crippen LogP contribution >= 0.6 is 0 Å². The van der Waals surface area contributed by atoms with Gasteiger partial charge in [0, 0.05) is 19.4 Å². The third-order valence-electron chi connectivity index (χ3n) is 5.54. The Morgan fingerprint density at radius 1 is 1.04 bits per heavy atom. The Bertz CT molecular complexity index is 536. The van der Waals surface area contributed by atoms with Crippen molar-refractivity contribution in [1.29, 1.82) is 0 Å². The zero-order valence-corrected chi connectivity index (χ0v) is 17.0. The van der Waals surface area contributed by atoms with Crippen LogP contribution in [0.4, 0.5) is 0 Å². The summed E-state index contributed by atoms with van der Waals surface area (Å²) < 4.78 is 11.0. The SMILES string of the molecule is CCCCCCCCCCCC1=C2C=C(OC)C(N)(OC)C=C2CCN1. The van der Waals surface area contributed by atoms with Gasteiger partial charge in [-0.05, 0) is 42.6 Å². The molecule has 2 rings (SSSR count). The fourth-order valence-electron chi connectivity index (χ4n) is 3.89. The van der Waals surface area contributed by atoms with E-state index in [4.69, 9.17) is 15.2 Å². The summed E-state index contributed by atoms with van der Waals surface area (Å²) in [6.07, 6.45) is 18.4. The van der Waals surface area contributed by atoms with E-state index in [-0.39, 0.29) is 0 Å². The molecule has 3 N–H and O–H groups in total. The lowest BCUT2D eigenvalue weighted by Crippen LogP contribution is -2.45. The van der Waals surface area contributed by atoms with Crippen LogP contribution in [0.25, 0.3) is 0 Å². The van der Waals surface area contributed by atoms with Gasteiger partial charge in [0.1, 0.15) is 5.76 Å². The molecule has 0 saturated carbocycles. The van der Waals surface area contributed by atoms with Gasteiger partial charge in [-0.1, -0.05) is 58.3 Å². The number of rotatable bonds is 12. The molecule has 148 valence electrons. The maximum absolute atomic E-state index is 6.33. The van der Waals surface area contributed by atoms with Crippen LogP contribution in [0, 0.1) is 0 Å². The van der Waals surface area contributed by atoms with Crippen molar-refractivity contribution in [2.24, 2.45) is 5.73 Å². The molecule has 1 atom stereocenters. The Labute approximate surface area is 159 Å². The predicted molar refractivity (Wildman–Crippen MR) is 109 cm³/mol. The first-order valence-corrected chi connectivity index (χ1v) is 10.4. The van der Waals surface area contributed by atoms with Gasteiger partial charge in [-0.15, -0.1) is 0 Å². The number of hydrogen-bond donors (Lipinski definition) is 2. The highest BCUT2D eigenvalue weighted by molar-refractivity contribution is 5.52. The van der Waals surface area contributed by atoms with E-state index in [1.165, 1.54) is 74.6 Å². The zero-order chi connectivity index (χ0) is 18.8. The van der Waals surface area contributed by atoms with Crippen LogP contribution in [0.2, 0.25) is 0 Å². The van der Waals surface area contributed by atoms with Crippen LogP contribution in [-0.2, 0) is 9.47 Å². The van der Waals surface area contributed by atoms with E-state index in [0.29, 0.717) is 5.76 Å². The molecule has 0 radical (unpaired) electrons. The number of unbranched alkanes of at least 4 members (excludes halogenated alkanes) is 8. The molecular weight excluding hydrogens is 324 g/mol. The molecule has 0 amide bonds. The second kappa shape index (κ2) is 10.8. The topological polar surface area (TPSA) is 56.5 Å². The molecule has 0 aromatic carbocycles. The van der Waals surface area contributed by atoms with Crippen molar-refractivity contribution in [3.63, 3.8) is 0 Å². The van der Waals surface area contributed by atoms with Crippen LogP contribution in [0.3, 0.4) is 0 Å². The molecule has 4 nitrogen and oxygen atoms in total. The van der Waals surface area contributed by atoms with E-state index in [9.17, 15) is 0 Å². The lowest BCUT2D eigenvalue weighted by atomic mass is 9.87. The highest BCUT2D eigenvalue weighted by Gasteiger charge is 2.35. The summed E-state index contributed by atoms with van der Waals surface area (Å²) in [5.74, 6) is 0.673. The molecule has 1 aliphatic heterocycles. The lowest BCUT2D eigenvalue weighted by Gasteiger charge is -2.34. The van der Waals surface area contributed by atoms with Gasteiger partial charge in [-0.3, -0.25) is 5.73 Å². The van der Waals surface area contributed by atoms with Gasteiger partial charge in [-0.25, -0.2) is 0 Å². The van der Waals surface area contributed by atoms with Crippen molar-refractivity contribution >= 4 is 0 Å². The molecule has 0 bridgehead atoms. The second-order valence-electron chi connectivity index (χ2n) is 7.53. The maximum atomic E-state index is 6.33. The maximum Gasteiger partial charge on any atom is 0.194 e. The molecule has 1 unspecified atom stereocenters. The first kappa shape index (κ1) is 21.0. The molecule has 1 aliphatic carbocycles. The van der Waals surface area contributed by atoms with Crippen molar-refractivity contribution < 1.29 is 9.47 Å². The summed E-state index contributed by atoms with van der Waals surface area (Å²) in [4.78, 5) is 0. The number of nitrogens with two attached hydrogens (primary N) is 1. The monoisotopic (exact) mass is 362 g/mol. The fraction of sp³-hybridized carbons (Fsp3) is 0.727. The van der Waals surface area contributed by atoms with Crippen LogP contribution in [-0.4, -0.2) is 26.5 Å². The van der Waals surface area contributed by atoms with Crippen LogP contribution in [0.15, 0.2) is 34.8 Å². The minimum Gasteiger partial charge on any atom is -0.496 e. The number of allylic oxidation sites excluding steroid dienone is 3. The molecule has 0 saturated heterocycles. The number of nitrogens with one attached hydrogen (secondary N) is 1. The first-order chi connectivity index (χ1) is 12.6. The minimum atomic E-state index is -0.937. The number of fused-ring (bicyclic) bond motifs is 1. The summed E-state index contributed by atoms with van der Waals surface area (Å²) in [5.41, 5.74) is 9.26. The third-order valence-corrected chi connectivity index (χ3v) is 5.54. The van der Waals surface area contributed by atoms with Crippen molar-refractivity contribution in [1.82, 2.24) is 5.32 Å². The van der Waals surface area contributed by atoms with Crippen molar-refractivity contribution in [3.05, 3.63) is 34.8 Å². The van der Waals surface area contributed by atoms with Gasteiger partial charge < -0.3 is 14.8 Å². The fourth-order valence-corrected chi connectivity index (χ4v) is 3.89. The third kappa shape index (κ3) is 5.62. The highest BCUT2D eigenvalue weighted by Crippen LogP contribution is 2.35. The molecule has 0 fully saturated rings. The van der Waals surface area contributed by atoms with Crippen LogP contribution in [0.1, 0.15) is 77.6 Å². The Morgan fingerprint density at radius 3 is 2.31 bits per heavy atom. The van der Waals surface area contributed by atoms with Gasteiger partial charge in [0.15, 0.2) is 5.72 Å². The number of methoxy groups -OCH3 is 2.